The molecule has 0 aromatic heterocycles. The largest absolute Gasteiger partial charge is 0.310 e. The average molecular weight is 1010 g/mol. The minimum absolute atomic E-state index is 0.131. The molecule has 0 aliphatic heterocycles. The molecule has 0 saturated heterocycles. The SMILES string of the molecule is CC1(C)c2ccccc2-c2ccc(N(c3ccc(-c4ccccc4)cc3)c3ccc(-c4cccc5c4-c4ccc(-c6ccc7c(c6)-c6ccccc6C(c6ccccc6)C7)cc4C5(c4ccccc4)c4ccccc4)cc3)cc21. The van der Waals surface area contributed by atoms with Gasteiger partial charge in [0.25, 0.3) is 0 Å². The van der Waals surface area contributed by atoms with Crippen LogP contribution in [-0.2, 0) is 17.3 Å². The van der Waals surface area contributed by atoms with Crippen LogP contribution in [0.25, 0.3) is 66.8 Å². The van der Waals surface area contributed by atoms with Gasteiger partial charge in [0, 0.05) is 28.4 Å². The topological polar surface area (TPSA) is 3.24 Å². The van der Waals surface area contributed by atoms with Crippen LogP contribution in [-0.4, -0.2) is 0 Å². The molecular weight excluding hydrogens is 951 g/mol. The van der Waals surface area contributed by atoms with E-state index < -0.39 is 5.41 Å². The molecule has 12 aromatic rings. The van der Waals surface area contributed by atoms with E-state index in [1.54, 1.807) is 0 Å². The fraction of sp³-hybridized carbons (Fsp3) is 0.0769. The van der Waals surface area contributed by atoms with Crippen molar-refractivity contribution in [2.75, 3.05) is 4.90 Å². The fourth-order valence-corrected chi connectivity index (χ4v) is 14.0. The fourth-order valence-electron chi connectivity index (χ4n) is 14.0. The highest BCUT2D eigenvalue weighted by molar-refractivity contribution is 5.97. The molecule has 0 radical (unpaired) electrons. The molecule has 0 spiro atoms. The van der Waals surface area contributed by atoms with E-state index in [9.17, 15) is 0 Å². The van der Waals surface area contributed by atoms with E-state index in [0.29, 0.717) is 5.92 Å². The maximum Gasteiger partial charge on any atom is 0.0714 e. The van der Waals surface area contributed by atoms with Crippen molar-refractivity contribution in [2.45, 2.75) is 37.0 Å². The molecule has 0 fully saturated rings. The number of hydrogen-bond donors (Lipinski definition) is 0. The van der Waals surface area contributed by atoms with Gasteiger partial charge in [0.05, 0.1) is 5.41 Å². The van der Waals surface area contributed by atoms with E-state index in [1.807, 2.05) is 0 Å². The van der Waals surface area contributed by atoms with Gasteiger partial charge >= 0.3 is 0 Å². The maximum atomic E-state index is 2.52. The minimum atomic E-state index is -0.577. The first-order valence-electron chi connectivity index (χ1n) is 27.9. The molecule has 0 amide bonds. The number of benzene rings is 12. The molecule has 79 heavy (non-hydrogen) atoms. The summed E-state index contributed by atoms with van der Waals surface area (Å²) in [7, 11) is 0. The Bertz CT molecular complexity index is 4230. The van der Waals surface area contributed by atoms with Gasteiger partial charge in [-0.05, 0) is 172 Å². The Morgan fingerprint density at radius 2 is 0.823 bits per heavy atom. The number of rotatable bonds is 9. The van der Waals surface area contributed by atoms with Crippen LogP contribution in [0.4, 0.5) is 17.1 Å². The van der Waals surface area contributed by atoms with E-state index in [2.05, 4.69) is 310 Å². The number of nitrogens with zero attached hydrogens (tertiary/aromatic N) is 1. The van der Waals surface area contributed by atoms with Crippen molar-refractivity contribution >= 4 is 17.1 Å². The highest BCUT2D eigenvalue weighted by atomic mass is 15.1. The van der Waals surface area contributed by atoms with Gasteiger partial charge in [0.1, 0.15) is 0 Å². The van der Waals surface area contributed by atoms with Crippen LogP contribution in [0.3, 0.4) is 0 Å². The molecule has 0 bridgehead atoms. The highest BCUT2D eigenvalue weighted by Crippen LogP contribution is 2.59. The molecule has 374 valence electrons. The highest BCUT2D eigenvalue weighted by Gasteiger charge is 2.47. The summed E-state index contributed by atoms with van der Waals surface area (Å²) in [5, 5.41) is 0. The number of hydrogen-bond acceptors (Lipinski definition) is 1. The molecule has 1 unspecified atom stereocenters. The summed E-state index contributed by atoms with van der Waals surface area (Å²) >= 11 is 0. The van der Waals surface area contributed by atoms with Crippen LogP contribution < -0.4 is 4.90 Å². The van der Waals surface area contributed by atoms with E-state index in [0.717, 1.165) is 23.5 Å². The average Bonchev–Trinajstić information content (AvgIpc) is 3.85. The van der Waals surface area contributed by atoms with Crippen LogP contribution in [0.1, 0.15) is 69.8 Å². The molecule has 3 aliphatic rings. The summed E-state index contributed by atoms with van der Waals surface area (Å²) in [4.78, 5) is 2.43. The molecule has 3 aliphatic carbocycles. The Labute approximate surface area is 464 Å². The minimum Gasteiger partial charge on any atom is -0.310 e. The lowest BCUT2D eigenvalue weighted by Crippen LogP contribution is -2.28. The Morgan fingerprint density at radius 1 is 0.316 bits per heavy atom. The Hall–Kier alpha value is -9.56. The predicted molar refractivity (Wildman–Crippen MR) is 330 cm³/mol. The normalized spacial score (nSPS) is 14.7. The summed E-state index contributed by atoms with van der Waals surface area (Å²) in [6, 6.07) is 109. The van der Waals surface area contributed by atoms with Gasteiger partial charge in [-0.25, -0.2) is 0 Å². The standard InChI is InChI=1S/C78H57N/c1-77(2)72-32-18-17-30-67(72)68-47-45-63(51-74(68)77)79(61-41-36-53(37-42-61)52-20-7-3-8-21-52)62-43-38-55(39-44-62)64-31-19-33-73-76(64)69-46-40-57(50-75(69)78(73,59-24-11-5-12-25-59)60-26-13-6-14-27-60)56-34-35-58-49-70(54-22-9-4-10-23-54)65-28-15-16-29-66(65)71(58)48-56/h3-48,50-51,70H,49H2,1-2H3. The lowest BCUT2D eigenvalue weighted by molar-refractivity contribution is 0.660. The molecule has 15 rings (SSSR count). The smallest absolute Gasteiger partial charge is 0.0714 e. The zero-order valence-corrected chi connectivity index (χ0v) is 44.4. The van der Waals surface area contributed by atoms with Crippen molar-refractivity contribution in [1.29, 1.82) is 0 Å². The first kappa shape index (κ1) is 46.7. The second kappa shape index (κ2) is 18.6. The van der Waals surface area contributed by atoms with Crippen LogP contribution in [0.2, 0.25) is 0 Å². The third-order valence-electron chi connectivity index (χ3n) is 17.8. The Kier molecular flexibility index (Phi) is 11.0. The zero-order chi connectivity index (χ0) is 52.7. The van der Waals surface area contributed by atoms with E-state index in [4.69, 9.17) is 0 Å². The van der Waals surface area contributed by atoms with Crippen LogP contribution in [0, 0.1) is 0 Å². The monoisotopic (exact) mass is 1010 g/mol. The third-order valence-corrected chi connectivity index (χ3v) is 17.8. The van der Waals surface area contributed by atoms with Gasteiger partial charge in [-0.15, -0.1) is 0 Å². The Morgan fingerprint density at radius 3 is 1.53 bits per heavy atom. The predicted octanol–water partition coefficient (Wildman–Crippen LogP) is 20.2. The number of anilines is 3. The van der Waals surface area contributed by atoms with Gasteiger partial charge in [-0.3, -0.25) is 0 Å². The van der Waals surface area contributed by atoms with E-state index in [1.165, 1.54) is 117 Å². The van der Waals surface area contributed by atoms with Crippen LogP contribution in [0.5, 0.6) is 0 Å². The van der Waals surface area contributed by atoms with Crippen molar-refractivity contribution in [2.24, 2.45) is 0 Å². The van der Waals surface area contributed by atoms with Crippen molar-refractivity contribution in [3.8, 4) is 66.8 Å². The summed E-state index contributed by atoms with van der Waals surface area (Å²) in [6.07, 6.45) is 0.979. The van der Waals surface area contributed by atoms with Gasteiger partial charge in [-0.1, -0.05) is 257 Å². The molecule has 12 aromatic carbocycles. The van der Waals surface area contributed by atoms with Gasteiger partial charge in [-0.2, -0.15) is 0 Å². The molecule has 0 saturated carbocycles. The van der Waals surface area contributed by atoms with Gasteiger partial charge in [0.2, 0.25) is 0 Å². The van der Waals surface area contributed by atoms with Crippen molar-refractivity contribution in [1.82, 2.24) is 0 Å². The maximum absolute atomic E-state index is 2.52. The van der Waals surface area contributed by atoms with Crippen molar-refractivity contribution in [3.63, 3.8) is 0 Å². The van der Waals surface area contributed by atoms with Gasteiger partial charge in [0.15, 0.2) is 0 Å². The Balaban J connectivity index is 0.869. The quantitative estimate of drug-likeness (QED) is 0.139. The molecule has 1 atom stereocenters. The summed E-state index contributed by atoms with van der Waals surface area (Å²) in [5.41, 5.74) is 29.8. The molecule has 1 heteroatoms. The zero-order valence-electron chi connectivity index (χ0n) is 44.4. The summed E-state index contributed by atoms with van der Waals surface area (Å²) < 4.78 is 0. The molecule has 1 nitrogen and oxygen atoms in total. The van der Waals surface area contributed by atoms with Gasteiger partial charge < -0.3 is 4.90 Å². The van der Waals surface area contributed by atoms with Crippen molar-refractivity contribution < 1.29 is 0 Å². The first-order valence-corrected chi connectivity index (χ1v) is 27.9. The number of fused-ring (bicyclic) bond motifs is 9. The lowest BCUT2D eigenvalue weighted by Gasteiger charge is -2.34. The third kappa shape index (κ3) is 7.45. The second-order valence-corrected chi connectivity index (χ2v) is 22.3. The molecular formula is C78H57N. The second-order valence-electron chi connectivity index (χ2n) is 22.3. The first-order chi connectivity index (χ1) is 38.9. The summed E-state index contributed by atoms with van der Waals surface area (Å²) in [5.74, 6) is 0.324. The summed E-state index contributed by atoms with van der Waals surface area (Å²) in [6.45, 7) is 4.73. The van der Waals surface area contributed by atoms with E-state index in [-0.39, 0.29) is 5.41 Å². The molecule has 0 N–H and O–H groups in total. The van der Waals surface area contributed by atoms with Crippen LogP contribution >= 0.6 is 0 Å². The molecule has 0 heterocycles. The lowest BCUT2D eigenvalue weighted by atomic mass is 9.67. The van der Waals surface area contributed by atoms with E-state index >= 15 is 0 Å². The van der Waals surface area contributed by atoms with Crippen LogP contribution in [0.15, 0.2) is 291 Å². The van der Waals surface area contributed by atoms with Crippen molar-refractivity contribution in [3.05, 3.63) is 341 Å².